The average Bonchev–Trinajstić information content (AvgIpc) is 3.60. The third kappa shape index (κ3) is 3.73. The lowest BCUT2D eigenvalue weighted by molar-refractivity contribution is 0.660. The molecule has 222 valence electrons. The van der Waals surface area contributed by atoms with Crippen molar-refractivity contribution in [2.75, 3.05) is 4.90 Å². The molecule has 0 spiro atoms. The van der Waals surface area contributed by atoms with E-state index in [0.717, 1.165) is 33.3 Å². The number of benzene rings is 8. The largest absolute Gasteiger partial charge is 0.456 e. The van der Waals surface area contributed by atoms with Crippen LogP contribution in [0.1, 0.15) is 25.0 Å². The molecule has 0 bridgehead atoms. The van der Waals surface area contributed by atoms with E-state index in [1.807, 2.05) is 12.1 Å². The minimum atomic E-state index is -0.100. The van der Waals surface area contributed by atoms with E-state index in [1.165, 1.54) is 60.3 Å². The van der Waals surface area contributed by atoms with E-state index in [-0.39, 0.29) is 5.41 Å². The van der Waals surface area contributed by atoms with Crippen LogP contribution in [0.25, 0.3) is 65.4 Å². The summed E-state index contributed by atoms with van der Waals surface area (Å²) < 4.78 is 6.44. The zero-order chi connectivity index (χ0) is 31.3. The third-order valence-electron chi connectivity index (χ3n) is 10.4. The van der Waals surface area contributed by atoms with Crippen LogP contribution in [0.3, 0.4) is 0 Å². The monoisotopic (exact) mass is 601 g/mol. The van der Waals surface area contributed by atoms with Gasteiger partial charge in [-0.15, -0.1) is 0 Å². The highest BCUT2D eigenvalue weighted by atomic mass is 16.3. The fourth-order valence-electron chi connectivity index (χ4n) is 8.15. The fraction of sp³-hybridized carbons (Fsp3) is 0.0667. The highest BCUT2D eigenvalue weighted by molar-refractivity contribution is 6.18. The highest BCUT2D eigenvalue weighted by Crippen LogP contribution is 2.54. The molecule has 0 unspecified atom stereocenters. The van der Waals surface area contributed by atoms with Gasteiger partial charge in [0.15, 0.2) is 0 Å². The van der Waals surface area contributed by atoms with Gasteiger partial charge in [0.25, 0.3) is 0 Å². The zero-order valence-corrected chi connectivity index (χ0v) is 26.3. The smallest absolute Gasteiger partial charge is 0.137 e. The molecule has 0 aliphatic heterocycles. The Morgan fingerprint density at radius 2 is 1.06 bits per heavy atom. The van der Waals surface area contributed by atoms with Crippen molar-refractivity contribution >= 4 is 71.3 Å². The van der Waals surface area contributed by atoms with Crippen LogP contribution in [0.15, 0.2) is 156 Å². The summed E-state index contributed by atoms with van der Waals surface area (Å²) in [6.45, 7) is 4.69. The van der Waals surface area contributed by atoms with Crippen LogP contribution in [0.4, 0.5) is 17.1 Å². The molecule has 1 aromatic heterocycles. The molecule has 0 radical (unpaired) electrons. The number of para-hydroxylation sites is 1. The lowest BCUT2D eigenvalue weighted by atomic mass is 9.82. The van der Waals surface area contributed by atoms with E-state index in [0.29, 0.717) is 0 Å². The van der Waals surface area contributed by atoms with E-state index >= 15 is 0 Å². The maximum Gasteiger partial charge on any atom is 0.137 e. The van der Waals surface area contributed by atoms with E-state index in [2.05, 4.69) is 158 Å². The Morgan fingerprint density at radius 1 is 0.447 bits per heavy atom. The standard InChI is InChI=1S/C45H31NO/c1-45(2)39-14-7-5-13-37(39)44-40(45)15-9-16-41(44)46(31-22-25-36-35-12-6-8-17-42(35)47-43(36)27-31)30-21-18-29-20-23-33-32-11-4-3-10-28(32)19-24-34(33)38(29)26-30/h3-27H,1-2H3. The van der Waals surface area contributed by atoms with Crippen molar-refractivity contribution in [3.8, 4) is 11.1 Å². The van der Waals surface area contributed by atoms with Gasteiger partial charge in [0.05, 0.1) is 5.69 Å². The van der Waals surface area contributed by atoms with Crippen molar-refractivity contribution in [3.05, 3.63) is 163 Å². The van der Waals surface area contributed by atoms with Crippen molar-refractivity contribution < 1.29 is 4.42 Å². The Hall–Kier alpha value is -5.86. The first-order valence-corrected chi connectivity index (χ1v) is 16.4. The maximum atomic E-state index is 6.44. The average molecular weight is 602 g/mol. The van der Waals surface area contributed by atoms with Crippen molar-refractivity contribution in [2.45, 2.75) is 19.3 Å². The first-order chi connectivity index (χ1) is 23.1. The number of rotatable bonds is 3. The maximum absolute atomic E-state index is 6.44. The first-order valence-electron chi connectivity index (χ1n) is 16.4. The van der Waals surface area contributed by atoms with Gasteiger partial charge >= 0.3 is 0 Å². The second kappa shape index (κ2) is 9.57. The predicted molar refractivity (Wildman–Crippen MR) is 198 cm³/mol. The van der Waals surface area contributed by atoms with Crippen LogP contribution in [0.5, 0.6) is 0 Å². The van der Waals surface area contributed by atoms with Crippen LogP contribution in [0, 0.1) is 0 Å². The molecular weight excluding hydrogens is 571 g/mol. The molecule has 0 amide bonds. The van der Waals surface area contributed by atoms with Gasteiger partial charge in [-0.25, -0.2) is 0 Å². The summed E-state index contributed by atoms with van der Waals surface area (Å²) in [5.74, 6) is 0. The van der Waals surface area contributed by atoms with Crippen molar-refractivity contribution in [2.24, 2.45) is 0 Å². The lowest BCUT2D eigenvalue weighted by Crippen LogP contribution is -2.16. The van der Waals surface area contributed by atoms with Gasteiger partial charge in [-0.05, 0) is 85.4 Å². The van der Waals surface area contributed by atoms with Crippen LogP contribution in [-0.4, -0.2) is 0 Å². The zero-order valence-electron chi connectivity index (χ0n) is 26.3. The van der Waals surface area contributed by atoms with Gasteiger partial charge in [-0.2, -0.15) is 0 Å². The Labute approximate surface area is 273 Å². The van der Waals surface area contributed by atoms with Crippen LogP contribution >= 0.6 is 0 Å². The van der Waals surface area contributed by atoms with E-state index in [4.69, 9.17) is 4.42 Å². The SMILES string of the molecule is CC1(C)c2ccccc2-c2c(N(c3ccc4c(c3)oc3ccccc34)c3ccc4ccc5c6ccccc6ccc5c4c3)cccc21. The molecule has 0 atom stereocenters. The lowest BCUT2D eigenvalue weighted by Gasteiger charge is -2.29. The Morgan fingerprint density at radius 3 is 1.96 bits per heavy atom. The molecule has 8 aromatic carbocycles. The van der Waals surface area contributed by atoms with E-state index in [1.54, 1.807) is 0 Å². The van der Waals surface area contributed by atoms with Gasteiger partial charge in [0, 0.05) is 39.2 Å². The Balaban J connectivity index is 1.27. The molecule has 1 aliphatic rings. The molecule has 47 heavy (non-hydrogen) atoms. The van der Waals surface area contributed by atoms with Crippen LogP contribution in [-0.2, 0) is 5.41 Å². The number of furan rings is 1. The first kappa shape index (κ1) is 26.4. The van der Waals surface area contributed by atoms with Crippen molar-refractivity contribution in [1.82, 2.24) is 0 Å². The third-order valence-corrected chi connectivity index (χ3v) is 10.4. The second-order valence-electron chi connectivity index (χ2n) is 13.3. The summed E-state index contributed by atoms with van der Waals surface area (Å²) in [6, 6.07) is 55.3. The molecule has 10 rings (SSSR count). The Kier molecular flexibility index (Phi) is 5.37. The van der Waals surface area contributed by atoms with Crippen molar-refractivity contribution in [3.63, 3.8) is 0 Å². The predicted octanol–water partition coefficient (Wildman–Crippen LogP) is 12.8. The summed E-state index contributed by atoms with van der Waals surface area (Å²) >= 11 is 0. The minimum Gasteiger partial charge on any atom is -0.456 e. The van der Waals surface area contributed by atoms with E-state index in [9.17, 15) is 0 Å². The molecule has 0 fully saturated rings. The topological polar surface area (TPSA) is 16.4 Å². The summed E-state index contributed by atoms with van der Waals surface area (Å²) in [5.41, 5.74) is 10.4. The number of fused-ring (bicyclic) bond motifs is 11. The van der Waals surface area contributed by atoms with Crippen molar-refractivity contribution in [1.29, 1.82) is 0 Å². The Bertz CT molecular complexity index is 2730. The number of hydrogen-bond acceptors (Lipinski definition) is 2. The summed E-state index contributed by atoms with van der Waals surface area (Å²) in [5, 5.41) is 9.83. The number of anilines is 3. The van der Waals surface area contributed by atoms with E-state index < -0.39 is 0 Å². The quantitative estimate of drug-likeness (QED) is 0.187. The highest BCUT2D eigenvalue weighted by Gasteiger charge is 2.37. The minimum absolute atomic E-state index is 0.100. The van der Waals surface area contributed by atoms with Gasteiger partial charge in [-0.1, -0.05) is 123 Å². The van der Waals surface area contributed by atoms with Gasteiger partial charge in [0.2, 0.25) is 0 Å². The fourth-order valence-corrected chi connectivity index (χ4v) is 8.15. The number of nitrogens with zero attached hydrogens (tertiary/aromatic N) is 1. The molecule has 1 heterocycles. The van der Waals surface area contributed by atoms with Gasteiger partial charge in [0.1, 0.15) is 11.2 Å². The second-order valence-corrected chi connectivity index (χ2v) is 13.3. The molecule has 0 N–H and O–H groups in total. The molecule has 9 aromatic rings. The molecule has 2 nitrogen and oxygen atoms in total. The molecule has 0 saturated heterocycles. The summed E-state index contributed by atoms with van der Waals surface area (Å²) in [4.78, 5) is 2.43. The summed E-state index contributed by atoms with van der Waals surface area (Å²) in [6.07, 6.45) is 0. The molecule has 2 heteroatoms. The normalized spacial score (nSPS) is 13.5. The van der Waals surface area contributed by atoms with Crippen LogP contribution < -0.4 is 4.90 Å². The van der Waals surface area contributed by atoms with Gasteiger partial charge < -0.3 is 9.32 Å². The molecule has 0 saturated carbocycles. The molecule has 1 aliphatic carbocycles. The molecular formula is C45H31NO. The summed E-state index contributed by atoms with van der Waals surface area (Å²) in [7, 11) is 0. The van der Waals surface area contributed by atoms with Gasteiger partial charge in [-0.3, -0.25) is 0 Å². The number of hydrogen-bond donors (Lipinski definition) is 0. The van der Waals surface area contributed by atoms with Crippen LogP contribution in [0.2, 0.25) is 0 Å².